The lowest BCUT2D eigenvalue weighted by Gasteiger charge is -2.18. The van der Waals surface area contributed by atoms with Crippen molar-refractivity contribution in [1.29, 1.82) is 0 Å². The van der Waals surface area contributed by atoms with Crippen LogP contribution in [0, 0.1) is 0 Å². The predicted octanol–water partition coefficient (Wildman–Crippen LogP) is 3.31. The standard InChI is InChI=1S/C17H19NO3/c19-17(18-9-1-2-10-18)6-4-11-20-15-7-8-16-14(13-15)5-3-12-21-16/h1-2,7-10,13H,3-6,11-12H2. The van der Waals surface area contributed by atoms with Gasteiger partial charge in [-0.3, -0.25) is 9.36 Å². The number of hydrogen-bond donors (Lipinski definition) is 0. The van der Waals surface area contributed by atoms with Crippen molar-refractivity contribution in [2.45, 2.75) is 25.7 Å². The normalized spacial score (nSPS) is 13.3. The van der Waals surface area contributed by atoms with Gasteiger partial charge in [-0.15, -0.1) is 0 Å². The average Bonchev–Trinajstić information content (AvgIpc) is 3.06. The molecule has 0 radical (unpaired) electrons. The smallest absolute Gasteiger partial charge is 0.230 e. The number of aryl methyl sites for hydroxylation is 1. The molecule has 110 valence electrons. The molecule has 1 aliphatic rings. The number of rotatable bonds is 5. The third kappa shape index (κ3) is 3.45. The predicted molar refractivity (Wildman–Crippen MR) is 80.0 cm³/mol. The van der Waals surface area contributed by atoms with Crippen LogP contribution in [0.4, 0.5) is 0 Å². The monoisotopic (exact) mass is 285 g/mol. The minimum Gasteiger partial charge on any atom is -0.494 e. The second-order valence-corrected chi connectivity index (χ2v) is 5.16. The van der Waals surface area contributed by atoms with Crippen LogP contribution < -0.4 is 9.47 Å². The minimum absolute atomic E-state index is 0.0995. The Hall–Kier alpha value is -2.23. The van der Waals surface area contributed by atoms with Crippen LogP contribution in [0.2, 0.25) is 0 Å². The fourth-order valence-electron chi connectivity index (χ4n) is 2.47. The van der Waals surface area contributed by atoms with Crippen LogP contribution >= 0.6 is 0 Å². The molecule has 3 rings (SSSR count). The maximum absolute atomic E-state index is 11.8. The first-order valence-electron chi connectivity index (χ1n) is 7.37. The molecule has 0 aliphatic carbocycles. The van der Waals surface area contributed by atoms with E-state index in [0.717, 1.165) is 30.9 Å². The second-order valence-electron chi connectivity index (χ2n) is 5.16. The summed E-state index contributed by atoms with van der Waals surface area (Å²) in [4.78, 5) is 11.8. The maximum Gasteiger partial charge on any atom is 0.230 e. The minimum atomic E-state index is 0.0995. The number of carbonyl (C=O) groups is 1. The van der Waals surface area contributed by atoms with Crippen molar-refractivity contribution in [3.8, 4) is 11.5 Å². The first kappa shape index (κ1) is 13.7. The summed E-state index contributed by atoms with van der Waals surface area (Å²) in [5, 5.41) is 0. The summed E-state index contributed by atoms with van der Waals surface area (Å²) in [5.41, 5.74) is 1.21. The van der Waals surface area contributed by atoms with Crippen LogP contribution in [0.15, 0.2) is 42.7 Å². The largest absolute Gasteiger partial charge is 0.494 e. The van der Waals surface area contributed by atoms with Gasteiger partial charge in [0, 0.05) is 18.8 Å². The molecule has 2 heterocycles. The van der Waals surface area contributed by atoms with Crippen LogP contribution in [0.5, 0.6) is 11.5 Å². The van der Waals surface area contributed by atoms with Gasteiger partial charge in [0.15, 0.2) is 0 Å². The topological polar surface area (TPSA) is 40.5 Å². The third-order valence-corrected chi connectivity index (χ3v) is 3.58. The van der Waals surface area contributed by atoms with E-state index in [-0.39, 0.29) is 5.91 Å². The van der Waals surface area contributed by atoms with Crippen molar-refractivity contribution in [2.24, 2.45) is 0 Å². The van der Waals surface area contributed by atoms with E-state index in [2.05, 4.69) is 0 Å². The summed E-state index contributed by atoms with van der Waals surface area (Å²) in [6.07, 6.45) is 6.84. The maximum atomic E-state index is 11.8. The van der Waals surface area contributed by atoms with Gasteiger partial charge in [-0.05, 0) is 55.2 Å². The molecule has 4 nitrogen and oxygen atoms in total. The molecule has 1 aliphatic heterocycles. The van der Waals surface area contributed by atoms with Gasteiger partial charge in [-0.2, -0.15) is 0 Å². The molecule has 0 unspecified atom stereocenters. The van der Waals surface area contributed by atoms with Gasteiger partial charge < -0.3 is 9.47 Å². The van der Waals surface area contributed by atoms with Gasteiger partial charge in [0.05, 0.1) is 13.2 Å². The lowest BCUT2D eigenvalue weighted by Crippen LogP contribution is -2.10. The number of aromatic nitrogens is 1. The van der Waals surface area contributed by atoms with Crippen molar-refractivity contribution < 1.29 is 14.3 Å². The first-order chi connectivity index (χ1) is 10.3. The van der Waals surface area contributed by atoms with E-state index in [9.17, 15) is 4.79 Å². The van der Waals surface area contributed by atoms with Crippen LogP contribution in [0.25, 0.3) is 0 Å². The zero-order valence-corrected chi connectivity index (χ0v) is 12.0. The number of nitrogens with zero attached hydrogens (tertiary/aromatic N) is 1. The Bertz CT molecular complexity index is 605. The Balaban J connectivity index is 1.46. The zero-order valence-electron chi connectivity index (χ0n) is 12.0. The van der Waals surface area contributed by atoms with Gasteiger partial charge >= 0.3 is 0 Å². The fourth-order valence-corrected chi connectivity index (χ4v) is 2.47. The second kappa shape index (κ2) is 6.48. The zero-order chi connectivity index (χ0) is 14.5. The number of benzene rings is 1. The van der Waals surface area contributed by atoms with Crippen LogP contribution in [-0.4, -0.2) is 23.7 Å². The molecule has 0 amide bonds. The van der Waals surface area contributed by atoms with Crippen molar-refractivity contribution in [1.82, 2.24) is 4.57 Å². The Morgan fingerprint density at radius 2 is 2.14 bits per heavy atom. The van der Waals surface area contributed by atoms with Gasteiger partial charge in [0.2, 0.25) is 5.91 Å². The van der Waals surface area contributed by atoms with E-state index in [4.69, 9.17) is 9.47 Å². The van der Waals surface area contributed by atoms with Gasteiger partial charge in [0.25, 0.3) is 0 Å². The quantitative estimate of drug-likeness (QED) is 0.791. The molecule has 1 aromatic carbocycles. The van der Waals surface area contributed by atoms with Gasteiger partial charge in [0.1, 0.15) is 11.5 Å². The molecule has 4 heteroatoms. The number of ether oxygens (including phenoxy) is 2. The molecule has 0 bridgehead atoms. The number of carbonyl (C=O) groups excluding carboxylic acids is 1. The molecule has 1 aromatic heterocycles. The Morgan fingerprint density at radius 3 is 3.00 bits per heavy atom. The van der Waals surface area contributed by atoms with E-state index in [0.29, 0.717) is 19.4 Å². The van der Waals surface area contributed by atoms with E-state index < -0.39 is 0 Å². The van der Waals surface area contributed by atoms with Crippen LogP contribution in [0.3, 0.4) is 0 Å². The fraction of sp³-hybridized carbons (Fsp3) is 0.353. The van der Waals surface area contributed by atoms with Crippen molar-refractivity contribution in [2.75, 3.05) is 13.2 Å². The lowest BCUT2D eigenvalue weighted by atomic mass is 10.1. The highest BCUT2D eigenvalue weighted by molar-refractivity contribution is 5.78. The number of hydrogen-bond acceptors (Lipinski definition) is 3. The third-order valence-electron chi connectivity index (χ3n) is 3.58. The van der Waals surface area contributed by atoms with Gasteiger partial charge in [-0.1, -0.05) is 0 Å². The Kier molecular flexibility index (Phi) is 4.24. The first-order valence-corrected chi connectivity index (χ1v) is 7.37. The van der Waals surface area contributed by atoms with Crippen molar-refractivity contribution in [3.05, 3.63) is 48.3 Å². The summed E-state index contributed by atoms with van der Waals surface area (Å²) in [5.74, 6) is 1.92. The SMILES string of the molecule is O=C(CCCOc1ccc2c(c1)CCCO2)n1cccc1. The summed E-state index contributed by atoms with van der Waals surface area (Å²) >= 11 is 0. The molecule has 0 saturated heterocycles. The molecule has 0 fully saturated rings. The lowest BCUT2D eigenvalue weighted by molar-refractivity contribution is 0.0893. The average molecular weight is 285 g/mol. The van der Waals surface area contributed by atoms with E-state index in [1.807, 2.05) is 30.3 Å². The number of fused-ring (bicyclic) bond motifs is 1. The molecule has 21 heavy (non-hydrogen) atoms. The molecule has 0 saturated carbocycles. The molecule has 0 spiro atoms. The molecule has 0 atom stereocenters. The van der Waals surface area contributed by atoms with E-state index in [1.165, 1.54) is 5.56 Å². The van der Waals surface area contributed by atoms with E-state index >= 15 is 0 Å². The Morgan fingerprint density at radius 1 is 1.29 bits per heavy atom. The van der Waals surface area contributed by atoms with Crippen molar-refractivity contribution in [3.63, 3.8) is 0 Å². The Labute approximate surface area is 124 Å². The highest BCUT2D eigenvalue weighted by Gasteiger charge is 2.11. The molecule has 0 N–H and O–H groups in total. The summed E-state index contributed by atoms with van der Waals surface area (Å²) in [7, 11) is 0. The molecular weight excluding hydrogens is 266 g/mol. The summed E-state index contributed by atoms with van der Waals surface area (Å²) < 4.78 is 12.9. The van der Waals surface area contributed by atoms with Gasteiger partial charge in [-0.25, -0.2) is 0 Å². The summed E-state index contributed by atoms with van der Waals surface area (Å²) in [6.45, 7) is 1.35. The molecular formula is C17H19NO3. The highest BCUT2D eigenvalue weighted by atomic mass is 16.5. The van der Waals surface area contributed by atoms with Crippen molar-refractivity contribution >= 4 is 5.91 Å². The highest BCUT2D eigenvalue weighted by Crippen LogP contribution is 2.28. The molecule has 2 aromatic rings. The van der Waals surface area contributed by atoms with E-state index in [1.54, 1.807) is 17.0 Å². The summed E-state index contributed by atoms with van der Waals surface area (Å²) in [6, 6.07) is 9.64. The van der Waals surface area contributed by atoms with Crippen LogP contribution in [0.1, 0.15) is 29.6 Å². The van der Waals surface area contributed by atoms with Crippen LogP contribution in [-0.2, 0) is 6.42 Å².